The summed E-state index contributed by atoms with van der Waals surface area (Å²) >= 11 is 0. The molecule has 34 heavy (non-hydrogen) atoms. The summed E-state index contributed by atoms with van der Waals surface area (Å²) in [7, 11) is 4.02. The van der Waals surface area contributed by atoms with Gasteiger partial charge in [-0.2, -0.15) is 4.57 Å². The van der Waals surface area contributed by atoms with Crippen LogP contribution < -0.4 is 14.8 Å². The minimum Gasteiger partial charge on any atom is -0.508 e. The van der Waals surface area contributed by atoms with Gasteiger partial charge in [-0.25, -0.2) is 9.78 Å². The van der Waals surface area contributed by atoms with E-state index in [1.54, 1.807) is 16.7 Å². The van der Waals surface area contributed by atoms with Crippen LogP contribution in [0.1, 0.15) is 21.6 Å². The van der Waals surface area contributed by atoms with Crippen molar-refractivity contribution in [3.63, 3.8) is 0 Å². The highest BCUT2D eigenvalue weighted by Crippen LogP contribution is 2.26. The number of anilines is 2. The van der Waals surface area contributed by atoms with Gasteiger partial charge in [0.1, 0.15) is 23.3 Å². The maximum absolute atomic E-state index is 13.4. The Hall–Kier alpha value is -4.19. The number of phenols is 1. The fourth-order valence-corrected chi connectivity index (χ4v) is 4.26. The molecule has 0 fully saturated rings. The molecule has 1 unspecified atom stereocenters. The minimum atomic E-state index is -0.396. The number of nitrogens with one attached hydrogen (secondary N) is 1. The zero-order chi connectivity index (χ0) is 23.7. The maximum atomic E-state index is 13.4. The number of fused-ring (bicyclic) bond motifs is 1. The Kier molecular flexibility index (Phi) is 5.72. The number of carbonyl (C=O) groups is 1. The summed E-state index contributed by atoms with van der Waals surface area (Å²) < 4.78 is 1.71. The highest BCUT2D eigenvalue weighted by Gasteiger charge is 2.41. The van der Waals surface area contributed by atoms with Crippen LogP contribution in [0.3, 0.4) is 0 Å². The van der Waals surface area contributed by atoms with E-state index in [1.807, 2.05) is 62.8 Å². The van der Waals surface area contributed by atoms with Gasteiger partial charge in [0, 0.05) is 38.2 Å². The lowest BCUT2D eigenvalue weighted by Gasteiger charge is -2.13. The molecule has 0 saturated heterocycles. The van der Waals surface area contributed by atoms with Gasteiger partial charge in [-0.1, -0.05) is 54.6 Å². The van der Waals surface area contributed by atoms with E-state index in [9.17, 15) is 9.90 Å². The molecular weight excluding hydrogens is 424 g/mol. The average Bonchev–Trinajstić information content (AvgIpc) is 3.16. The van der Waals surface area contributed by atoms with Crippen LogP contribution in [0.2, 0.25) is 0 Å². The largest absolute Gasteiger partial charge is 0.508 e. The second-order valence-corrected chi connectivity index (χ2v) is 8.80. The summed E-state index contributed by atoms with van der Waals surface area (Å²) in [5.74, 6) is 0.948. The van der Waals surface area contributed by atoms with Crippen LogP contribution in [0.4, 0.5) is 11.5 Å². The summed E-state index contributed by atoms with van der Waals surface area (Å²) in [6.07, 6.45) is 2.98. The predicted molar refractivity (Wildman–Crippen MR) is 133 cm³/mol. The van der Waals surface area contributed by atoms with E-state index in [0.717, 1.165) is 39.6 Å². The molecule has 0 aliphatic carbocycles. The topological polar surface area (TPSA) is 69.3 Å². The van der Waals surface area contributed by atoms with Gasteiger partial charge < -0.3 is 10.0 Å². The number of benzene rings is 3. The Morgan fingerprint density at radius 1 is 0.941 bits per heavy atom. The fraction of sp³-hybridized carbons (Fsp3) is 0.179. The number of aromatic hydroxyl groups is 1. The highest BCUT2D eigenvalue weighted by atomic mass is 16.3. The average molecular weight is 452 g/mol. The first-order chi connectivity index (χ1) is 16.5. The number of rotatable bonds is 6. The second kappa shape index (κ2) is 8.98. The molecule has 5 rings (SSSR count). The van der Waals surface area contributed by atoms with Gasteiger partial charge in [0.25, 0.3) is 0 Å². The summed E-state index contributed by atoms with van der Waals surface area (Å²) in [6.45, 7) is 0. The van der Waals surface area contributed by atoms with E-state index in [0.29, 0.717) is 12.8 Å². The van der Waals surface area contributed by atoms with Crippen molar-refractivity contribution < 1.29 is 14.5 Å². The van der Waals surface area contributed by atoms with Gasteiger partial charge in [0.15, 0.2) is 6.04 Å². The maximum Gasteiger partial charge on any atom is 0.359 e. The fourth-order valence-electron chi connectivity index (χ4n) is 4.26. The van der Waals surface area contributed by atoms with E-state index >= 15 is 0 Å². The van der Waals surface area contributed by atoms with Crippen LogP contribution in [0.5, 0.6) is 5.75 Å². The molecule has 6 nitrogen and oxygen atoms in total. The molecule has 2 N–H and O–H groups in total. The minimum absolute atomic E-state index is 0.00838. The first-order valence-electron chi connectivity index (χ1n) is 11.3. The van der Waals surface area contributed by atoms with Crippen molar-refractivity contribution in [2.45, 2.75) is 18.9 Å². The zero-order valence-electron chi connectivity index (χ0n) is 19.3. The van der Waals surface area contributed by atoms with Crippen molar-refractivity contribution in [3.8, 4) is 17.0 Å². The summed E-state index contributed by atoms with van der Waals surface area (Å²) in [5.41, 5.74) is 5.78. The number of nitrogens with zero attached hydrogens (tertiary/aromatic N) is 3. The lowest BCUT2D eigenvalue weighted by atomic mass is 10.1. The third kappa shape index (κ3) is 4.35. The first kappa shape index (κ1) is 21.6. The Bertz CT molecular complexity index is 1320. The van der Waals surface area contributed by atoms with Crippen LogP contribution in [0, 0.1) is 0 Å². The molecule has 0 saturated carbocycles. The third-order valence-electron chi connectivity index (χ3n) is 6.14. The van der Waals surface area contributed by atoms with Crippen molar-refractivity contribution in [1.29, 1.82) is 0 Å². The Labute approximate surface area is 199 Å². The normalized spacial score (nSPS) is 14.5. The van der Waals surface area contributed by atoms with Crippen molar-refractivity contribution in [2.24, 2.45) is 0 Å². The molecule has 4 aromatic rings. The highest BCUT2D eigenvalue weighted by molar-refractivity contribution is 5.83. The molecule has 170 valence electrons. The third-order valence-corrected chi connectivity index (χ3v) is 6.14. The van der Waals surface area contributed by atoms with Crippen molar-refractivity contribution in [3.05, 3.63) is 102 Å². The standard InChI is InChI=1S/C28H26N4O2/c1-31(2)22-12-10-21(11-13-22)26-18-32-27(24(29-26)16-19-6-4-3-5-7-19)30-25(28(32)34)17-20-8-14-23(33)15-9-20/h3-15,18,25,33H,16-17H2,1-2H3/p+1. The molecule has 0 spiro atoms. The lowest BCUT2D eigenvalue weighted by Crippen LogP contribution is -2.44. The van der Waals surface area contributed by atoms with Gasteiger partial charge in [0.05, 0.1) is 0 Å². The zero-order valence-corrected chi connectivity index (χ0v) is 19.3. The number of phenolic OH excluding ortho intramolecular Hbond substituents is 1. The molecule has 2 heterocycles. The van der Waals surface area contributed by atoms with Crippen molar-refractivity contribution >= 4 is 17.4 Å². The van der Waals surface area contributed by atoms with Gasteiger partial charge in [0.2, 0.25) is 0 Å². The smallest absolute Gasteiger partial charge is 0.359 e. The molecule has 1 aliphatic heterocycles. The number of hydrogen-bond acceptors (Lipinski definition) is 5. The van der Waals surface area contributed by atoms with Crippen LogP contribution in [-0.2, 0) is 12.8 Å². The summed E-state index contributed by atoms with van der Waals surface area (Å²) in [6, 6.07) is 24.9. The Morgan fingerprint density at radius 2 is 1.65 bits per heavy atom. The van der Waals surface area contributed by atoms with E-state index in [2.05, 4.69) is 34.5 Å². The number of carbonyl (C=O) groups excluding carboxylic acids is 1. The summed E-state index contributed by atoms with van der Waals surface area (Å²) in [4.78, 5) is 20.5. The quantitative estimate of drug-likeness (QED) is 0.433. The monoisotopic (exact) mass is 451 g/mol. The first-order valence-corrected chi connectivity index (χ1v) is 11.3. The molecule has 1 atom stereocenters. The van der Waals surface area contributed by atoms with Crippen molar-refractivity contribution in [2.75, 3.05) is 24.3 Å². The molecule has 0 radical (unpaired) electrons. The molecule has 3 aromatic carbocycles. The van der Waals surface area contributed by atoms with E-state index in [4.69, 9.17) is 4.98 Å². The predicted octanol–water partition coefficient (Wildman–Crippen LogP) is 4.08. The Morgan fingerprint density at radius 3 is 2.32 bits per heavy atom. The van der Waals surface area contributed by atoms with Gasteiger partial charge in [-0.05, 0) is 35.4 Å². The molecule has 0 bridgehead atoms. The molecule has 0 amide bonds. The molecule has 1 aliphatic rings. The SMILES string of the molecule is CN(C)c1ccc(-c2c[n+]3c(c(Cc4ccccc4)n2)NC(Cc2ccc(O)cc2)C3=O)cc1. The number of hydrogen-bond donors (Lipinski definition) is 2. The van der Waals surface area contributed by atoms with E-state index < -0.39 is 6.04 Å². The second-order valence-electron chi connectivity index (χ2n) is 8.80. The van der Waals surface area contributed by atoms with Gasteiger partial charge >= 0.3 is 11.7 Å². The molecule has 1 aromatic heterocycles. The number of aromatic nitrogens is 2. The van der Waals surface area contributed by atoms with Gasteiger partial charge in [-0.15, -0.1) is 0 Å². The van der Waals surface area contributed by atoms with Crippen LogP contribution in [-0.4, -0.2) is 36.1 Å². The Balaban J connectivity index is 1.52. The molecular formula is C28H27N4O2+. The van der Waals surface area contributed by atoms with Crippen LogP contribution in [0.25, 0.3) is 11.3 Å². The van der Waals surface area contributed by atoms with Crippen LogP contribution >= 0.6 is 0 Å². The van der Waals surface area contributed by atoms with E-state index in [-0.39, 0.29) is 11.7 Å². The van der Waals surface area contributed by atoms with Crippen LogP contribution in [0.15, 0.2) is 85.1 Å². The van der Waals surface area contributed by atoms with Crippen molar-refractivity contribution in [1.82, 2.24) is 4.98 Å². The van der Waals surface area contributed by atoms with E-state index in [1.165, 1.54) is 0 Å². The van der Waals surface area contributed by atoms with Gasteiger partial charge in [-0.3, -0.25) is 5.32 Å². The lowest BCUT2D eigenvalue weighted by molar-refractivity contribution is -0.552. The summed E-state index contributed by atoms with van der Waals surface area (Å²) in [5, 5.41) is 13.0. The molecule has 6 heteroatoms.